The number of benzene rings is 1. The van der Waals surface area contributed by atoms with E-state index in [4.69, 9.17) is 0 Å². The van der Waals surface area contributed by atoms with E-state index in [1.54, 1.807) is 0 Å². The lowest BCUT2D eigenvalue weighted by Crippen LogP contribution is -2.38. The van der Waals surface area contributed by atoms with Crippen molar-refractivity contribution < 1.29 is 0 Å². The van der Waals surface area contributed by atoms with Crippen LogP contribution >= 0.6 is 11.8 Å². The van der Waals surface area contributed by atoms with Crippen LogP contribution in [0.4, 0.5) is 0 Å². The second kappa shape index (κ2) is 7.96. The van der Waals surface area contributed by atoms with Crippen LogP contribution < -0.4 is 5.32 Å². The number of rotatable bonds is 6. The molecular formula is C17H27NS. The highest BCUT2D eigenvalue weighted by Crippen LogP contribution is 2.34. The molecule has 0 heterocycles. The first kappa shape index (κ1) is 14.9. The number of thioether (sulfide) groups is 1. The molecule has 0 saturated heterocycles. The standard InChI is InChI=1S/C17H27NS/c1-3-14-8-7-9-15(12-14)17(18-2)13-19-16-10-5-4-6-11-16/h4-6,10-11,14-15,17-18H,3,7-9,12-13H2,1-2H3. The minimum Gasteiger partial charge on any atom is -0.316 e. The number of hydrogen-bond acceptors (Lipinski definition) is 2. The Hall–Kier alpha value is -0.470. The van der Waals surface area contributed by atoms with E-state index in [9.17, 15) is 0 Å². The molecule has 0 bridgehead atoms. The minimum absolute atomic E-state index is 0.666. The third-order valence-electron chi connectivity index (χ3n) is 4.51. The molecule has 1 N–H and O–H groups in total. The van der Waals surface area contributed by atoms with Crippen LogP contribution in [0.5, 0.6) is 0 Å². The van der Waals surface area contributed by atoms with Crippen molar-refractivity contribution >= 4 is 11.8 Å². The maximum Gasteiger partial charge on any atom is 0.0187 e. The van der Waals surface area contributed by atoms with Crippen molar-refractivity contribution in [1.29, 1.82) is 0 Å². The molecule has 1 aliphatic carbocycles. The van der Waals surface area contributed by atoms with Crippen molar-refractivity contribution in [2.24, 2.45) is 11.8 Å². The van der Waals surface area contributed by atoms with Gasteiger partial charge in [-0.1, -0.05) is 44.4 Å². The van der Waals surface area contributed by atoms with Gasteiger partial charge in [-0.2, -0.15) is 0 Å². The lowest BCUT2D eigenvalue weighted by Gasteiger charge is -2.34. The molecule has 2 rings (SSSR count). The van der Waals surface area contributed by atoms with Gasteiger partial charge in [0, 0.05) is 16.7 Å². The highest BCUT2D eigenvalue weighted by Gasteiger charge is 2.26. The molecule has 0 aromatic heterocycles. The summed E-state index contributed by atoms with van der Waals surface area (Å²) in [4.78, 5) is 1.39. The molecular weight excluding hydrogens is 250 g/mol. The fourth-order valence-corrected chi connectivity index (χ4v) is 4.39. The molecule has 3 unspecified atom stereocenters. The Morgan fingerprint density at radius 3 is 2.74 bits per heavy atom. The van der Waals surface area contributed by atoms with Gasteiger partial charge in [0.25, 0.3) is 0 Å². The zero-order valence-corrected chi connectivity index (χ0v) is 13.1. The van der Waals surface area contributed by atoms with Gasteiger partial charge in [-0.15, -0.1) is 11.8 Å². The molecule has 1 aromatic carbocycles. The zero-order valence-electron chi connectivity index (χ0n) is 12.3. The van der Waals surface area contributed by atoms with Gasteiger partial charge in [0.1, 0.15) is 0 Å². The number of hydrogen-bond donors (Lipinski definition) is 1. The van der Waals surface area contributed by atoms with Gasteiger partial charge in [0.05, 0.1) is 0 Å². The fourth-order valence-electron chi connectivity index (χ4n) is 3.23. The lowest BCUT2D eigenvalue weighted by molar-refractivity contribution is 0.223. The molecule has 1 saturated carbocycles. The average Bonchev–Trinajstić information content (AvgIpc) is 2.49. The van der Waals surface area contributed by atoms with Crippen molar-refractivity contribution in [3.8, 4) is 0 Å². The monoisotopic (exact) mass is 277 g/mol. The average molecular weight is 277 g/mol. The summed E-state index contributed by atoms with van der Waals surface area (Å²) >= 11 is 1.99. The molecule has 0 amide bonds. The Morgan fingerprint density at radius 2 is 2.05 bits per heavy atom. The lowest BCUT2D eigenvalue weighted by atomic mass is 9.77. The van der Waals surface area contributed by atoms with Crippen LogP contribution in [0.2, 0.25) is 0 Å². The number of nitrogens with one attached hydrogen (secondary N) is 1. The van der Waals surface area contributed by atoms with Gasteiger partial charge >= 0.3 is 0 Å². The van der Waals surface area contributed by atoms with Gasteiger partial charge in [-0.3, -0.25) is 0 Å². The van der Waals surface area contributed by atoms with Gasteiger partial charge < -0.3 is 5.32 Å². The van der Waals surface area contributed by atoms with Gasteiger partial charge in [0.15, 0.2) is 0 Å². The van der Waals surface area contributed by atoms with Gasteiger partial charge in [0.2, 0.25) is 0 Å². The van der Waals surface area contributed by atoms with E-state index >= 15 is 0 Å². The normalized spacial score (nSPS) is 25.2. The summed E-state index contributed by atoms with van der Waals surface area (Å²) in [6, 6.07) is 11.4. The molecule has 0 spiro atoms. The maximum absolute atomic E-state index is 3.57. The van der Waals surface area contributed by atoms with Crippen molar-refractivity contribution in [1.82, 2.24) is 5.32 Å². The van der Waals surface area contributed by atoms with Crippen LogP contribution in [0.1, 0.15) is 39.0 Å². The van der Waals surface area contributed by atoms with Gasteiger partial charge in [-0.05, 0) is 43.9 Å². The molecule has 1 nitrogen and oxygen atoms in total. The van der Waals surface area contributed by atoms with E-state index in [2.05, 4.69) is 49.6 Å². The van der Waals surface area contributed by atoms with E-state index in [0.717, 1.165) is 11.8 Å². The predicted octanol–water partition coefficient (Wildman–Crippen LogP) is 4.58. The van der Waals surface area contributed by atoms with E-state index in [1.165, 1.54) is 42.8 Å². The highest BCUT2D eigenvalue weighted by atomic mass is 32.2. The summed E-state index contributed by atoms with van der Waals surface area (Å²) in [6.07, 6.45) is 7.08. The first-order valence-electron chi connectivity index (χ1n) is 7.68. The zero-order chi connectivity index (χ0) is 13.5. The van der Waals surface area contributed by atoms with Crippen molar-refractivity contribution in [2.45, 2.75) is 50.0 Å². The van der Waals surface area contributed by atoms with Gasteiger partial charge in [-0.25, -0.2) is 0 Å². The Morgan fingerprint density at radius 1 is 1.26 bits per heavy atom. The molecule has 3 atom stereocenters. The summed E-state index contributed by atoms with van der Waals surface area (Å²) in [6.45, 7) is 2.35. The summed E-state index contributed by atoms with van der Waals surface area (Å²) in [5, 5.41) is 3.57. The van der Waals surface area contributed by atoms with Crippen LogP contribution in [-0.2, 0) is 0 Å². The Balaban J connectivity index is 1.85. The fraction of sp³-hybridized carbons (Fsp3) is 0.647. The quantitative estimate of drug-likeness (QED) is 0.764. The second-order valence-corrected chi connectivity index (χ2v) is 6.81. The highest BCUT2D eigenvalue weighted by molar-refractivity contribution is 7.99. The Kier molecular flexibility index (Phi) is 6.25. The van der Waals surface area contributed by atoms with Crippen LogP contribution in [0.15, 0.2) is 35.2 Å². The van der Waals surface area contributed by atoms with E-state index < -0.39 is 0 Å². The van der Waals surface area contributed by atoms with Crippen molar-refractivity contribution in [3.05, 3.63) is 30.3 Å². The van der Waals surface area contributed by atoms with E-state index in [-0.39, 0.29) is 0 Å². The smallest absolute Gasteiger partial charge is 0.0187 e. The van der Waals surface area contributed by atoms with Crippen LogP contribution in [-0.4, -0.2) is 18.8 Å². The maximum atomic E-state index is 3.57. The molecule has 0 aliphatic heterocycles. The minimum atomic E-state index is 0.666. The summed E-state index contributed by atoms with van der Waals surface area (Å²) < 4.78 is 0. The van der Waals surface area contributed by atoms with Crippen LogP contribution in [0.25, 0.3) is 0 Å². The summed E-state index contributed by atoms with van der Waals surface area (Å²) in [5.41, 5.74) is 0. The van der Waals surface area contributed by atoms with E-state index in [1.807, 2.05) is 11.8 Å². The second-order valence-electron chi connectivity index (χ2n) is 5.72. The third-order valence-corrected chi connectivity index (χ3v) is 5.64. The Bertz CT molecular complexity index is 352. The first-order valence-corrected chi connectivity index (χ1v) is 8.67. The molecule has 106 valence electrons. The molecule has 1 aliphatic rings. The largest absolute Gasteiger partial charge is 0.316 e. The molecule has 2 heteroatoms. The van der Waals surface area contributed by atoms with Crippen LogP contribution in [0, 0.1) is 11.8 Å². The molecule has 19 heavy (non-hydrogen) atoms. The SMILES string of the molecule is CCC1CCCC(C(CSc2ccccc2)NC)C1. The molecule has 1 aromatic rings. The van der Waals surface area contributed by atoms with Crippen molar-refractivity contribution in [2.75, 3.05) is 12.8 Å². The summed E-state index contributed by atoms with van der Waals surface area (Å²) in [7, 11) is 2.13. The third kappa shape index (κ3) is 4.54. The first-order chi connectivity index (χ1) is 9.33. The van der Waals surface area contributed by atoms with E-state index in [0.29, 0.717) is 6.04 Å². The summed E-state index contributed by atoms with van der Waals surface area (Å²) in [5.74, 6) is 3.04. The predicted molar refractivity (Wildman–Crippen MR) is 85.8 cm³/mol. The molecule has 0 radical (unpaired) electrons. The topological polar surface area (TPSA) is 12.0 Å². The van der Waals surface area contributed by atoms with Crippen molar-refractivity contribution in [3.63, 3.8) is 0 Å². The molecule has 1 fully saturated rings. The van der Waals surface area contributed by atoms with Crippen LogP contribution in [0.3, 0.4) is 0 Å². The Labute approximate surface area is 122 Å².